The molecule has 0 aliphatic heterocycles. The summed E-state index contributed by atoms with van der Waals surface area (Å²) < 4.78 is 21.1. The van der Waals surface area contributed by atoms with Gasteiger partial charge in [0.05, 0.1) is 0 Å². The van der Waals surface area contributed by atoms with Crippen LogP contribution in [0.2, 0.25) is 0 Å². The minimum absolute atomic E-state index is 0.137. The topological polar surface area (TPSA) is 69.2 Å². The summed E-state index contributed by atoms with van der Waals surface area (Å²) >= 11 is 0. The highest BCUT2D eigenvalue weighted by atomic mass is 16.7. The lowest BCUT2D eigenvalue weighted by atomic mass is 9.81. The average Bonchev–Trinajstić information content (AvgIpc) is 2.58. The van der Waals surface area contributed by atoms with Gasteiger partial charge in [-0.2, -0.15) is 0 Å². The highest BCUT2D eigenvalue weighted by molar-refractivity contribution is 5.43. The highest BCUT2D eigenvalue weighted by Crippen LogP contribution is 2.39. The number of hydrogen-bond acceptors (Lipinski definition) is 6. The molecule has 0 heterocycles. The molecule has 124 valence electrons. The van der Waals surface area contributed by atoms with Crippen molar-refractivity contribution in [3.63, 3.8) is 0 Å². The molecule has 1 aromatic carbocycles. The first-order valence-corrected chi connectivity index (χ1v) is 7.55. The van der Waals surface area contributed by atoms with Gasteiger partial charge in [-0.15, -0.1) is 0 Å². The molecule has 0 radical (unpaired) electrons. The Kier molecular flexibility index (Phi) is 6.92. The molecule has 0 bridgehead atoms. The Morgan fingerprint density at radius 1 is 1.14 bits per heavy atom. The number of methoxy groups -OCH3 is 2. The van der Waals surface area contributed by atoms with Gasteiger partial charge in [-0.1, -0.05) is 12.5 Å². The van der Waals surface area contributed by atoms with E-state index < -0.39 is 0 Å². The highest BCUT2D eigenvalue weighted by Gasteiger charge is 2.25. The second kappa shape index (κ2) is 8.95. The van der Waals surface area contributed by atoms with E-state index in [0.29, 0.717) is 11.7 Å². The summed E-state index contributed by atoms with van der Waals surface area (Å²) in [6, 6.07) is 5.95. The lowest BCUT2D eigenvalue weighted by Crippen LogP contribution is -2.31. The molecule has 1 aliphatic rings. The van der Waals surface area contributed by atoms with Crippen LogP contribution in [0.15, 0.2) is 18.2 Å². The van der Waals surface area contributed by atoms with E-state index in [2.05, 4.69) is 5.48 Å². The van der Waals surface area contributed by atoms with E-state index in [1.54, 1.807) is 14.2 Å². The van der Waals surface area contributed by atoms with E-state index in [0.717, 1.165) is 37.0 Å². The molecule has 0 saturated heterocycles. The number of rotatable bonds is 8. The molecule has 22 heavy (non-hydrogen) atoms. The first-order chi connectivity index (χ1) is 10.8. The first-order valence-electron chi connectivity index (χ1n) is 7.55. The molecule has 0 spiro atoms. The molecule has 0 amide bonds. The predicted octanol–water partition coefficient (Wildman–Crippen LogP) is 2.66. The lowest BCUT2D eigenvalue weighted by Gasteiger charge is -2.29. The van der Waals surface area contributed by atoms with Crippen molar-refractivity contribution >= 4 is 0 Å². The van der Waals surface area contributed by atoms with Crippen LogP contribution >= 0.6 is 0 Å². The molecule has 1 aromatic rings. The van der Waals surface area contributed by atoms with Crippen LogP contribution in [0.1, 0.15) is 37.2 Å². The maximum absolute atomic E-state index is 9.17. The SMILES string of the molecule is COCOc1ccc([C@@H]2CCC[C@H](NO)C2)c(OCOC)c1. The zero-order chi connectivity index (χ0) is 15.8. The Labute approximate surface area is 131 Å². The third-order valence-electron chi connectivity index (χ3n) is 3.96. The van der Waals surface area contributed by atoms with Crippen molar-refractivity contribution < 1.29 is 24.2 Å². The molecule has 2 atom stereocenters. The van der Waals surface area contributed by atoms with E-state index in [4.69, 9.17) is 18.9 Å². The maximum Gasteiger partial charge on any atom is 0.188 e. The summed E-state index contributed by atoms with van der Waals surface area (Å²) in [7, 11) is 3.18. The van der Waals surface area contributed by atoms with E-state index in [9.17, 15) is 5.21 Å². The Bertz CT molecular complexity index is 454. The summed E-state index contributed by atoms with van der Waals surface area (Å²) in [6.45, 7) is 0.387. The van der Waals surface area contributed by atoms with Gasteiger partial charge in [-0.25, -0.2) is 5.48 Å². The molecule has 2 N–H and O–H groups in total. The molecule has 0 unspecified atom stereocenters. The van der Waals surface area contributed by atoms with Crippen molar-refractivity contribution in [1.29, 1.82) is 0 Å². The second-order valence-electron chi connectivity index (χ2n) is 5.49. The minimum atomic E-state index is 0.137. The molecule has 6 heteroatoms. The van der Waals surface area contributed by atoms with Gasteiger partial charge in [0.15, 0.2) is 13.6 Å². The fourth-order valence-corrected chi connectivity index (χ4v) is 2.91. The van der Waals surface area contributed by atoms with Crippen molar-refractivity contribution in [1.82, 2.24) is 5.48 Å². The fraction of sp³-hybridized carbons (Fsp3) is 0.625. The number of ether oxygens (including phenoxy) is 4. The number of hydroxylamine groups is 1. The summed E-state index contributed by atoms with van der Waals surface area (Å²) in [5.41, 5.74) is 3.53. The van der Waals surface area contributed by atoms with Gasteiger partial charge in [-0.05, 0) is 36.8 Å². The Balaban J connectivity index is 2.16. The van der Waals surface area contributed by atoms with E-state index >= 15 is 0 Å². The van der Waals surface area contributed by atoms with Crippen LogP contribution in [0.5, 0.6) is 11.5 Å². The Hall–Kier alpha value is -1.34. The molecular weight excluding hydrogens is 286 g/mol. The lowest BCUT2D eigenvalue weighted by molar-refractivity contribution is 0.0450. The molecule has 0 aromatic heterocycles. The van der Waals surface area contributed by atoms with Crippen molar-refractivity contribution in [2.24, 2.45) is 0 Å². The summed E-state index contributed by atoms with van der Waals surface area (Å²) in [6.07, 6.45) is 4.04. The Morgan fingerprint density at radius 3 is 2.64 bits per heavy atom. The summed E-state index contributed by atoms with van der Waals surface area (Å²) in [5.74, 6) is 1.81. The largest absolute Gasteiger partial charge is 0.467 e. The van der Waals surface area contributed by atoms with Crippen LogP contribution < -0.4 is 15.0 Å². The monoisotopic (exact) mass is 311 g/mol. The van der Waals surface area contributed by atoms with Gasteiger partial charge in [-0.3, -0.25) is 0 Å². The van der Waals surface area contributed by atoms with Gasteiger partial charge >= 0.3 is 0 Å². The molecule has 2 rings (SSSR count). The van der Waals surface area contributed by atoms with E-state index in [1.807, 2.05) is 18.2 Å². The quantitative estimate of drug-likeness (QED) is 0.568. The Morgan fingerprint density at radius 2 is 1.91 bits per heavy atom. The smallest absolute Gasteiger partial charge is 0.188 e. The average molecular weight is 311 g/mol. The van der Waals surface area contributed by atoms with Crippen molar-refractivity contribution in [2.45, 2.75) is 37.6 Å². The van der Waals surface area contributed by atoms with Gasteiger partial charge in [0.1, 0.15) is 11.5 Å². The first kappa shape index (κ1) is 17.0. The van der Waals surface area contributed by atoms with Gasteiger partial charge < -0.3 is 24.2 Å². The minimum Gasteiger partial charge on any atom is -0.467 e. The van der Waals surface area contributed by atoms with E-state index in [-0.39, 0.29) is 19.6 Å². The molecule has 6 nitrogen and oxygen atoms in total. The van der Waals surface area contributed by atoms with Crippen LogP contribution in [0.3, 0.4) is 0 Å². The normalized spacial score (nSPS) is 21.6. The maximum atomic E-state index is 9.17. The number of hydrogen-bond donors (Lipinski definition) is 2. The van der Waals surface area contributed by atoms with Crippen LogP contribution in [0, 0.1) is 0 Å². The fourth-order valence-electron chi connectivity index (χ4n) is 2.91. The molecular formula is C16H25NO5. The zero-order valence-electron chi connectivity index (χ0n) is 13.2. The standard InChI is InChI=1S/C16H25NO5/c1-19-10-21-14-6-7-15(16(9-14)22-11-20-2)12-4-3-5-13(8-12)17-18/h6-7,9,12-13,17-18H,3-5,8,10-11H2,1-2H3/t12-,13+/m1/s1. The zero-order valence-corrected chi connectivity index (χ0v) is 13.2. The molecule has 1 saturated carbocycles. The van der Waals surface area contributed by atoms with Crippen LogP contribution in [0.4, 0.5) is 0 Å². The summed E-state index contributed by atoms with van der Waals surface area (Å²) in [4.78, 5) is 0. The molecule has 1 fully saturated rings. The van der Waals surface area contributed by atoms with Gasteiger partial charge in [0.2, 0.25) is 0 Å². The number of benzene rings is 1. The number of nitrogens with one attached hydrogen (secondary N) is 1. The third-order valence-corrected chi connectivity index (χ3v) is 3.96. The van der Waals surface area contributed by atoms with Gasteiger partial charge in [0.25, 0.3) is 0 Å². The van der Waals surface area contributed by atoms with Gasteiger partial charge in [0, 0.05) is 26.3 Å². The van der Waals surface area contributed by atoms with Crippen molar-refractivity contribution in [2.75, 3.05) is 27.8 Å². The molecule has 1 aliphatic carbocycles. The second-order valence-corrected chi connectivity index (χ2v) is 5.49. The van der Waals surface area contributed by atoms with Crippen molar-refractivity contribution in [3.05, 3.63) is 23.8 Å². The third kappa shape index (κ3) is 4.58. The van der Waals surface area contributed by atoms with Crippen LogP contribution in [-0.2, 0) is 9.47 Å². The van der Waals surface area contributed by atoms with Crippen molar-refractivity contribution in [3.8, 4) is 11.5 Å². The summed E-state index contributed by atoms with van der Waals surface area (Å²) in [5, 5.41) is 9.17. The predicted molar refractivity (Wildman–Crippen MR) is 81.4 cm³/mol. The van der Waals surface area contributed by atoms with Crippen LogP contribution in [-0.4, -0.2) is 39.1 Å². The van der Waals surface area contributed by atoms with Crippen LogP contribution in [0.25, 0.3) is 0 Å². The van der Waals surface area contributed by atoms with E-state index in [1.165, 1.54) is 0 Å².